The smallest absolute Gasteiger partial charge is 0.242 e. The summed E-state index contributed by atoms with van der Waals surface area (Å²) >= 11 is 6.85. The topological polar surface area (TPSA) is 67.2 Å². The lowest BCUT2D eigenvalue weighted by atomic mass is 10.1. The lowest BCUT2D eigenvalue weighted by molar-refractivity contribution is -0.122. The summed E-state index contributed by atoms with van der Waals surface area (Å²) in [6.45, 7) is 7.76. The molecule has 1 rings (SSSR count). The number of nitrogens with two attached hydrogens (primary N) is 1. The minimum Gasteiger partial charge on any atom is -0.389 e. The number of thioether (sulfide) groups is 1. The normalized spacial score (nSPS) is 12.0. The first kappa shape index (κ1) is 17.8. The van der Waals surface area contributed by atoms with Crippen molar-refractivity contribution in [2.45, 2.75) is 44.7 Å². The van der Waals surface area contributed by atoms with Crippen LogP contribution >= 0.6 is 24.0 Å². The van der Waals surface area contributed by atoms with E-state index in [-0.39, 0.29) is 18.0 Å². The van der Waals surface area contributed by atoms with Crippen molar-refractivity contribution in [2.75, 3.05) is 11.1 Å². The molecule has 4 nitrogen and oxygen atoms in total. The number of hydrogen-bond acceptors (Lipinski definition) is 4. The van der Waals surface area contributed by atoms with Crippen LogP contribution in [-0.4, -0.2) is 28.7 Å². The number of benzene rings is 1. The minimum atomic E-state index is -0.359. The van der Waals surface area contributed by atoms with Crippen LogP contribution in [0.15, 0.2) is 23.1 Å². The second-order valence-corrected chi connectivity index (χ2v) is 6.75. The molecule has 21 heavy (non-hydrogen) atoms. The molecule has 0 spiro atoms. The van der Waals surface area contributed by atoms with Gasteiger partial charge in [-0.2, -0.15) is 0 Å². The van der Waals surface area contributed by atoms with Crippen molar-refractivity contribution in [1.29, 1.82) is 0 Å². The van der Waals surface area contributed by atoms with Gasteiger partial charge in [0.15, 0.2) is 0 Å². The zero-order valence-corrected chi connectivity index (χ0v) is 14.5. The molecular formula is C15H23N3OS2. The molecule has 0 radical (unpaired) electrons. The van der Waals surface area contributed by atoms with Crippen molar-refractivity contribution in [2.24, 2.45) is 5.73 Å². The zero-order valence-electron chi connectivity index (χ0n) is 12.9. The second-order valence-electron chi connectivity index (χ2n) is 5.01. The van der Waals surface area contributed by atoms with Crippen LogP contribution in [0.1, 0.15) is 33.3 Å². The highest BCUT2D eigenvalue weighted by Gasteiger charge is 2.17. The molecular weight excluding hydrogens is 302 g/mol. The van der Waals surface area contributed by atoms with Gasteiger partial charge in [0.1, 0.15) is 11.0 Å². The van der Waals surface area contributed by atoms with E-state index in [1.807, 2.05) is 39.0 Å². The summed E-state index contributed by atoms with van der Waals surface area (Å²) in [7, 11) is 0. The van der Waals surface area contributed by atoms with Gasteiger partial charge in [0, 0.05) is 22.2 Å². The number of anilines is 1. The first-order valence-electron chi connectivity index (χ1n) is 6.99. The Morgan fingerprint density at radius 3 is 2.57 bits per heavy atom. The summed E-state index contributed by atoms with van der Waals surface area (Å²) in [5, 5.41) is 6.08. The monoisotopic (exact) mass is 325 g/mol. The van der Waals surface area contributed by atoms with Crippen LogP contribution < -0.4 is 16.4 Å². The summed E-state index contributed by atoms with van der Waals surface area (Å²) in [6, 6.07) is 5.58. The number of amides is 1. The molecule has 0 aliphatic rings. The molecule has 1 amide bonds. The summed E-state index contributed by atoms with van der Waals surface area (Å²) in [6.07, 6.45) is 0. The average molecular weight is 326 g/mol. The maximum Gasteiger partial charge on any atom is 0.242 e. The van der Waals surface area contributed by atoms with Gasteiger partial charge in [-0.05, 0) is 38.7 Å². The van der Waals surface area contributed by atoms with Gasteiger partial charge in [-0.1, -0.05) is 25.2 Å². The van der Waals surface area contributed by atoms with E-state index in [1.54, 1.807) is 11.8 Å². The van der Waals surface area contributed by atoms with Crippen molar-refractivity contribution < 1.29 is 4.79 Å². The molecule has 1 aromatic rings. The molecule has 1 aromatic carbocycles. The van der Waals surface area contributed by atoms with Gasteiger partial charge in [-0.25, -0.2) is 0 Å². The van der Waals surface area contributed by atoms with Crippen LogP contribution in [0, 0.1) is 0 Å². The predicted molar refractivity (Wildman–Crippen MR) is 95.1 cm³/mol. The Kier molecular flexibility index (Phi) is 6.98. The number of hydrogen-bond donors (Lipinski definition) is 3. The van der Waals surface area contributed by atoms with Crippen LogP contribution in [0.4, 0.5) is 5.69 Å². The third-order valence-corrected chi connectivity index (χ3v) is 3.91. The fourth-order valence-corrected chi connectivity index (χ4v) is 3.02. The Morgan fingerprint density at radius 2 is 2.05 bits per heavy atom. The standard InChI is InChI=1S/C15H23N3OS2/c1-5-21-12-8-6-7-11(13(12)14(16)20)18-10(4)15(19)17-9(2)3/h6-10,18H,5H2,1-4H3,(H2,16,20)(H,17,19). The third-order valence-electron chi connectivity index (χ3n) is 2.77. The van der Waals surface area contributed by atoms with Crippen LogP contribution in [0.5, 0.6) is 0 Å². The summed E-state index contributed by atoms with van der Waals surface area (Å²) in [4.78, 5) is 13.4. The van der Waals surface area contributed by atoms with E-state index in [1.165, 1.54) is 0 Å². The lowest BCUT2D eigenvalue weighted by Gasteiger charge is -2.20. The van der Waals surface area contributed by atoms with Gasteiger partial charge in [0.25, 0.3) is 0 Å². The highest BCUT2D eigenvalue weighted by molar-refractivity contribution is 7.99. The van der Waals surface area contributed by atoms with Gasteiger partial charge in [0.05, 0.1) is 0 Å². The van der Waals surface area contributed by atoms with Gasteiger partial charge >= 0.3 is 0 Å². The predicted octanol–water partition coefficient (Wildman–Crippen LogP) is 2.76. The third kappa shape index (κ3) is 5.21. The van der Waals surface area contributed by atoms with E-state index >= 15 is 0 Å². The molecule has 6 heteroatoms. The molecule has 0 aliphatic heterocycles. The van der Waals surface area contributed by atoms with Crippen LogP contribution in [0.2, 0.25) is 0 Å². The molecule has 0 saturated carbocycles. The van der Waals surface area contributed by atoms with Crippen molar-refractivity contribution in [3.8, 4) is 0 Å². The summed E-state index contributed by atoms with van der Waals surface area (Å²) in [5.41, 5.74) is 7.46. The number of nitrogens with one attached hydrogen (secondary N) is 2. The Hall–Kier alpha value is -1.27. The van der Waals surface area contributed by atoms with E-state index in [9.17, 15) is 4.79 Å². The molecule has 0 bridgehead atoms. The van der Waals surface area contributed by atoms with Crippen LogP contribution in [0.25, 0.3) is 0 Å². The second kappa shape index (κ2) is 8.24. The van der Waals surface area contributed by atoms with Crippen molar-refractivity contribution in [3.05, 3.63) is 23.8 Å². The molecule has 0 aliphatic carbocycles. The van der Waals surface area contributed by atoms with Crippen molar-refractivity contribution in [1.82, 2.24) is 5.32 Å². The van der Waals surface area contributed by atoms with Gasteiger partial charge in [0.2, 0.25) is 5.91 Å². The Balaban J connectivity index is 2.99. The fourth-order valence-electron chi connectivity index (χ4n) is 1.89. The molecule has 0 aromatic heterocycles. The summed E-state index contributed by atoms with van der Waals surface area (Å²) < 4.78 is 0. The largest absolute Gasteiger partial charge is 0.389 e. The SMILES string of the molecule is CCSc1cccc(NC(C)C(=O)NC(C)C)c1C(N)=S. The Morgan fingerprint density at radius 1 is 1.38 bits per heavy atom. The molecule has 0 fully saturated rings. The molecule has 0 heterocycles. The van der Waals surface area contributed by atoms with E-state index in [0.717, 1.165) is 21.9 Å². The van der Waals surface area contributed by atoms with Crippen molar-refractivity contribution in [3.63, 3.8) is 0 Å². The van der Waals surface area contributed by atoms with E-state index in [4.69, 9.17) is 18.0 Å². The fraction of sp³-hybridized carbons (Fsp3) is 0.467. The highest BCUT2D eigenvalue weighted by Crippen LogP contribution is 2.29. The average Bonchev–Trinajstić information content (AvgIpc) is 2.38. The number of rotatable bonds is 7. The maximum absolute atomic E-state index is 12.0. The Bertz CT molecular complexity index is 518. The molecule has 0 saturated heterocycles. The highest BCUT2D eigenvalue weighted by atomic mass is 32.2. The molecule has 1 unspecified atom stereocenters. The summed E-state index contributed by atoms with van der Waals surface area (Å²) in [5.74, 6) is 0.884. The quantitative estimate of drug-likeness (QED) is 0.531. The first-order valence-corrected chi connectivity index (χ1v) is 8.38. The number of thiocarbonyl (C=S) groups is 1. The minimum absolute atomic E-state index is 0.0487. The zero-order chi connectivity index (χ0) is 16.0. The van der Waals surface area contributed by atoms with Gasteiger partial charge < -0.3 is 16.4 Å². The van der Waals surface area contributed by atoms with Crippen LogP contribution in [0.3, 0.4) is 0 Å². The van der Waals surface area contributed by atoms with Crippen LogP contribution in [-0.2, 0) is 4.79 Å². The molecule has 1 atom stereocenters. The van der Waals surface area contributed by atoms with Gasteiger partial charge in [-0.15, -0.1) is 11.8 Å². The first-order chi connectivity index (χ1) is 9.86. The lowest BCUT2D eigenvalue weighted by Crippen LogP contribution is -2.41. The van der Waals surface area contributed by atoms with E-state index in [0.29, 0.717) is 4.99 Å². The Labute approximate surface area is 136 Å². The van der Waals surface area contributed by atoms with E-state index < -0.39 is 0 Å². The van der Waals surface area contributed by atoms with Gasteiger partial charge in [-0.3, -0.25) is 4.79 Å². The van der Waals surface area contributed by atoms with Crippen molar-refractivity contribution >= 4 is 40.6 Å². The van der Waals surface area contributed by atoms with E-state index in [2.05, 4.69) is 17.6 Å². The molecule has 4 N–H and O–H groups in total. The molecule has 116 valence electrons. The number of carbonyl (C=O) groups excluding carboxylic acids is 1. The number of carbonyl (C=O) groups is 1. The maximum atomic E-state index is 12.0.